The molecule has 0 fully saturated rings. The average molecular weight is 290 g/mol. The van der Waals surface area contributed by atoms with Gasteiger partial charge >= 0.3 is 5.97 Å². The lowest BCUT2D eigenvalue weighted by Crippen LogP contribution is -2.45. The second-order valence-electron chi connectivity index (χ2n) is 3.49. The van der Waals surface area contributed by atoms with E-state index in [4.69, 9.17) is 4.74 Å². The van der Waals surface area contributed by atoms with Gasteiger partial charge in [-0.3, -0.25) is 0 Å². The zero-order chi connectivity index (χ0) is 12.3. The molecule has 5 heteroatoms. The van der Waals surface area contributed by atoms with Crippen LogP contribution in [0.2, 0.25) is 0 Å². The molecule has 0 amide bonds. The summed E-state index contributed by atoms with van der Waals surface area (Å²) in [6, 6.07) is 4.17. The number of carbonyl (C=O) groups is 1. The summed E-state index contributed by atoms with van der Waals surface area (Å²) in [5, 5.41) is 2.88. The Labute approximate surface area is 102 Å². The maximum Gasteiger partial charge on any atom is 0.330 e. The fraction of sp³-hybridized carbons (Fsp3) is 0.364. The summed E-state index contributed by atoms with van der Waals surface area (Å²) in [6.07, 6.45) is 0. The van der Waals surface area contributed by atoms with Crippen molar-refractivity contribution in [3.8, 4) is 0 Å². The molecule has 0 bridgehead atoms. The van der Waals surface area contributed by atoms with Crippen LogP contribution in [0.1, 0.15) is 12.5 Å². The van der Waals surface area contributed by atoms with E-state index >= 15 is 0 Å². The molecule has 0 heterocycles. The Bertz CT molecular complexity index is 411. The molecule has 1 aromatic rings. The Morgan fingerprint density at radius 1 is 1.56 bits per heavy atom. The van der Waals surface area contributed by atoms with E-state index in [1.807, 2.05) is 0 Å². The number of benzene rings is 1. The molecule has 0 saturated carbocycles. The zero-order valence-electron chi connectivity index (χ0n) is 9.30. The molecular formula is C11H13BrFNO2. The third kappa shape index (κ3) is 2.25. The molecule has 1 unspecified atom stereocenters. The maximum atomic E-state index is 13.0. The summed E-state index contributed by atoms with van der Waals surface area (Å²) in [4.78, 5) is 11.7. The number of halogens is 2. The molecule has 0 aromatic heterocycles. The summed E-state index contributed by atoms with van der Waals surface area (Å²) in [6.45, 7) is 1.68. The third-order valence-electron chi connectivity index (χ3n) is 2.56. The van der Waals surface area contributed by atoms with Crippen LogP contribution in [-0.4, -0.2) is 20.1 Å². The minimum Gasteiger partial charge on any atom is -0.467 e. The number of esters is 1. The summed E-state index contributed by atoms with van der Waals surface area (Å²) in [7, 11) is 2.96. The van der Waals surface area contributed by atoms with Crippen LogP contribution in [0.25, 0.3) is 0 Å². The molecule has 1 atom stereocenters. The highest BCUT2D eigenvalue weighted by Gasteiger charge is 2.36. The molecule has 1 N–H and O–H groups in total. The number of nitrogens with one attached hydrogen (secondary N) is 1. The first-order chi connectivity index (χ1) is 7.45. The first kappa shape index (κ1) is 13.1. The Kier molecular flexibility index (Phi) is 4.04. The Balaban J connectivity index is 3.28. The largest absolute Gasteiger partial charge is 0.467 e. The predicted octanol–water partition coefficient (Wildman–Crippen LogP) is 2.20. The Hall–Kier alpha value is -0.940. The topological polar surface area (TPSA) is 38.3 Å². The monoisotopic (exact) mass is 289 g/mol. The number of ether oxygens (including phenoxy) is 1. The van der Waals surface area contributed by atoms with Crippen LogP contribution in [0.3, 0.4) is 0 Å². The van der Waals surface area contributed by atoms with Crippen LogP contribution < -0.4 is 5.32 Å². The first-order valence-electron chi connectivity index (χ1n) is 4.68. The maximum absolute atomic E-state index is 13.0. The van der Waals surface area contributed by atoms with E-state index in [2.05, 4.69) is 21.2 Å². The second kappa shape index (κ2) is 4.93. The fourth-order valence-corrected chi connectivity index (χ4v) is 2.19. The van der Waals surface area contributed by atoms with Crippen LogP contribution in [0.4, 0.5) is 4.39 Å². The molecule has 0 saturated heterocycles. The van der Waals surface area contributed by atoms with Gasteiger partial charge in [-0.15, -0.1) is 0 Å². The van der Waals surface area contributed by atoms with Crippen molar-refractivity contribution in [1.29, 1.82) is 0 Å². The molecule has 1 aromatic carbocycles. The summed E-state index contributed by atoms with van der Waals surface area (Å²) < 4.78 is 18.2. The molecule has 0 radical (unpaired) electrons. The van der Waals surface area contributed by atoms with E-state index in [0.29, 0.717) is 10.0 Å². The highest BCUT2D eigenvalue weighted by Crippen LogP contribution is 2.29. The van der Waals surface area contributed by atoms with Crippen LogP contribution in [-0.2, 0) is 15.1 Å². The van der Waals surface area contributed by atoms with E-state index in [1.165, 1.54) is 19.2 Å². The SMILES string of the molecule is CNC(C)(C(=O)OC)c1ccc(F)cc1Br. The number of carbonyl (C=O) groups excluding carboxylic acids is 1. The van der Waals surface area contributed by atoms with Gasteiger partial charge in [0.25, 0.3) is 0 Å². The normalized spacial score (nSPS) is 14.3. The predicted molar refractivity (Wildman–Crippen MR) is 62.5 cm³/mol. The molecule has 1 rings (SSSR count). The van der Waals surface area contributed by atoms with E-state index in [9.17, 15) is 9.18 Å². The van der Waals surface area contributed by atoms with Gasteiger partial charge in [-0.05, 0) is 31.7 Å². The van der Waals surface area contributed by atoms with Crippen LogP contribution in [0.15, 0.2) is 22.7 Å². The van der Waals surface area contributed by atoms with Crippen LogP contribution >= 0.6 is 15.9 Å². The Morgan fingerprint density at radius 2 is 2.19 bits per heavy atom. The number of hydrogen-bond donors (Lipinski definition) is 1. The van der Waals surface area contributed by atoms with Gasteiger partial charge in [-0.2, -0.15) is 0 Å². The second-order valence-corrected chi connectivity index (χ2v) is 4.35. The van der Waals surface area contributed by atoms with Gasteiger partial charge in [-0.1, -0.05) is 22.0 Å². The summed E-state index contributed by atoms with van der Waals surface area (Å²) >= 11 is 3.23. The number of methoxy groups -OCH3 is 1. The number of likely N-dealkylation sites (N-methyl/N-ethyl adjacent to an activating group) is 1. The van der Waals surface area contributed by atoms with E-state index < -0.39 is 11.5 Å². The summed E-state index contributed by atoms with van der Waals surface area (Å²) in [5.74, 6) is -0.791. The van der Waals surface area contributed by atoms with Gasteiger partial charge in [0.2, 0.25) is 0 Å². The van der Waals surface area contributed by atoms with Crippen molar-refractivity contribution in [1.82, 2.24) is 5.32 Å². The van der Waals surface area contributed by atoms with Gasteiger partial charge in [-0.25, -0.2) is 9.18 Å². The smallest absolute Gasteiger partial charge is 0.330 e. The molecule has 3 nitrogen and oxygen atoms in total. The van der Waals surface area contributed by atoms with Crippen molar-refractivity contribution in [3.05, 3.63) is 34.1 Å². The zero-order valence-corrected chi connectivity index (χ0v) is 10.9. The summed E-state index contributed by atoms with van der Waals surface area (Å²) in [5.41, 5.74) is -0.371. The highest BCUT2D eigenvalue weighted by atomic mass is 79.9. The molecule has 0 spiro atoms. The van der Waals surface area contributed by atoms with Crippen molar-refractivity contribution in [2.75, 3.05) is 14.2 Å². The minimum absolute atomic E-state index is 0.362. The van der Waals surface area contributed by atoms with Gasteiger partial charge in [0.1, 0.15) is 11.4 Å². The van der Waals surface area contributed by atoms with Crippen LogP contribution in [0, 0.1) is 5.82 Å². The molecule has 16 heavy (non-hydrogen) atoms. The lowest BCUT2D eigenvalue weighted by molar-refractivity contribution is -0.148. The van der Waals surface area contributed by atoms with E-state index in [-0.39, 0.29) is 5.82 Å². The lowest BCUT2D eigenvalue weighted by atomic mass is 9.92. The molecule has 0 aliphatic rings. The van der Waals surface area contributed by atoms with Gasteiger partial charge in [0.15, 0.2) is 0 Å². The van der Waals surface area contributed by atoms with Gasteiger partial charge in [0, 0.05) is 4.47 Å². The fourth-order valence-electron chi connectivity index (χ4n) is 1.45. The van der Waals surface area contributed by atoms with Gasteiger partial charge in [0.05, 0.1) is 7.11 Å². The Morgan fingerprint density at radius 3 is 2.62 bits per heavy atom. The van der Waals surface area contributed by atoms with Crippen molar-refractivity contribution in [2.45, 2.75) is 12.5 Å². The number of rotatable bonds is 3. The number of hydrogen-bond acceptors (Lipinski definition) is 3. The van der Waals surface area contributed by atoms with Crippen molar-refractivity contribution in [3.63, 3.8) is 0 Å². The quantitative estimate of drug-likeness (QED) is 0.867. The molecule has 88 valence electrons. The average Bonchev–Trinajstić information content (AvgIpc) is 2.27. The van der Waals surface area contributed by atoms with E-state index in [1.54, 1.807) is 20.0 Å². The van der Waals surface area contributed by atoms with Crippen molar-refractivity contribution in [2.24, 2.45) is 0 Å². The first-order valence-corrected chi connectivity index (χ1v) is 5.48. The molecule has 0 aliphatic carbocycles. The van der Waals surface area contributed by atoms with Crippen LogP contribution in [0.5, 0.6) is 0 Å². The third-order valence-corrected chi connectivity index (χ3v) is 3.22. The lowest BCUT2D eigenvalue weighted by Gasteiger charge is -2.27. The van der Waals surface area contributed by atoms with Crippen molar-refractivity contribution < 1.29 is 13.9 Å². The van der Waals surface area contributed by atoms with Crippen molar-refractivity contribution >= 4 is 21.9 Å². The molecule has 0 aliphatic heterocycles. The minimum atomic E-state index is -0.999. The molecular weight excluding hydrogens is 277 g/mol. The van der Waals surface area contributed by atoms with Gasteiger partial charge < -0.3 is 10.1 Å². The highest BCUT2D eigenvalue weighted by molar-refractivity contribution is 9.10. The standard InChI is InChI=1S/C11H13BrFNO2/c1-11(14-2,10(15)16-3)8-5-4-7(13)6-9(8)12/h4-6,14H,1-3H3. The van der Waals surface area contributed by atoms with E-state index in [0.717, 1.165) is 0 Å².